The molecule has 4 nitrogen and oxygen atoms in total. The molecule has 1 aromatic rings. The first-order chi connectivity index (χ1) is 9.65. The van der Waals surface area contributed by atoms with E-state index in [9.17, 15) is 26.7 Å². The van der Waals surface area contributed by atoms with Crippen LogP contribution >= 0.6 is 0 Å². The lowest BCUT2D eigenvalue weighted by Gasteiger charge is -2.33. The molecule has 0 saturated carbocycles. The third kappa shape index (κ3) is 3.01. The number of hydrogen-bond acceptors (Lipinski definition) is 3. The maximum Gasteiger partial charge on any atom is 0.416 e. The fraction of sp³-hybridized carbons (Fsp3) is 0.417. The summed E-state index contributed by atoms with van der Waals surface area (Å²) >= 11 is 0. The number of alkyl carbamates (subject to hydrolysis) is 1. The first kappa shape index (κ1) is 15.3. The zero-order valence-electron chi connectivity index (χ0n) is 10.6. The Kier molecular flexibility index (Phi) is 3.68. The lowest BCUT2D eigenvalue weighted by molar-refractivity contribution is -0.141. The highest BCUT2D eigenvalue weighted by Gasteiger charge is 2.50. The van der Waals surface area contributed by atoms with E-state index >= 15 is 0 Å². The van der Waals surface area contributed by atoms with E-state index in [1.807, 2.05) is 0 Å². The van der Waals surface area contributed by atoms with Crippen molar-refractivity contribution in [3.8, 4) is 5.75 Å². The Morgan fingerprint density at radius 3 is 2.62 bits per heavy atom. The van der Waals surface area contributed by atoms with E-state index in [2.05, 4.69) is 9.47 Å². The average molecular weight is 311 g/mol. The molecule has 9 heteroatoms. The number of carbonyl (C=O) groups is 1. The number of nitrogens with one attached hydrogen (secondary N) is 1. The smallest absolute Gasteiger partial charge is 0.416 e. The molecule has 1 aromatic carbocycles. The Morgan fingerprint density at radius 2 is 2.05 bits per heavy atom. The molecule has 1 heterocycles. The molecular weight excluding hydrogens is 301 g/mol. The van der Waals surface area contributed by atoms with Gasteiger partial charge in [-0.15, -0.1) is 0 Å². The van der Waals surface area contributed by atoms with Crippen LogP contribution in [0.4, 0.5) is 26.7 Å². The topological polar surface area (TPSA) is 47.6 Å². The van der Waals surface area contributed by atoms with Gasteiger partial charge < -0.3 is 14.8 Å². The molecule has 0 radical (unpaired) electrons. The molecule has 1 fully saturated rings. The van der Waals surface area contributed by atoms with Gasteiger partial charge in [0.1, 0.15) is 11.8 Å². The summed E-state index contributed by atoms with van der Waals surface area (Å²) in [6.45, 7) is -1.28. The lowest BCUT2D eigenvalue weighted by atomic mass is 9.94. The van der Waals surface area contributed by atoms with Crippen LogP contribution in [0.15, 0.2) is 18.2 Å². The molecule has 0 bridgehead atoms. The van der Waals surface area contributed by atoms with Gasteiger partial charge in [0, 0.05) is 0 Å². The number of benzene rings is 1. The Bertz CT molecular complexity index is 558. The van der Waals surface area contributed by atoms with Crippen LogP contribution in [0.1, 0.15) is 17.2 Å². The van der Waals surface area contributed by atoms with E-state index in [4.69, 9.17) is 0 Å². The summed E-state index contributed by atoms with van der Waals surface area (Å²) in [5.41, 5.74) is -2.04. The monoisotopic (exact) mass is 311 g/mol. The predicted molar refractivity (Wildman–Crippen MR) is 60.2 cm³/mol. The number of alkyl halides is 5. The Balaban J connectivity index is 2.54. The molecule has 0 aliphatic carbocycles. The van der Waals surface area contributed by atoms with Crippen molar-refractivity contribution in [3.05, 3.63) is 29.3 Å². The predicted octanol–water partition coefficient (Wildman–Crippen LogP) is 3.13. The van der Waals surface area contributed by atoms with E-state index in [-0.39, 0.29) is 5.75 Å². The first-order valence-electron chi connectivity index (χ1n) is 5.71. The maximum absolute atomic E-state index is 13.7. The van der Waals surface area contributed by atoms with Gasteiger partial charge in [-0.1, -0.05) is 6.07 Å². The molecule has 0 spiro atoms. The van der Waals surface area contributed by atoms with Crippen molar-refractivity contribution in [2.45, 2.75) is 18.1 Å². The summed E-state index contributed by atoms with van der Waals surface area (Å²) in [7, 11) is 1.15. The van der Waals surface area contributed by atoms with Crippen molar-refractivity contribution in [1.29, 1.82) is 0 Å². The molecule has 1 saturated heterocycles. The minimum absolute atomic E-state index is 0.132. The maximum atomic E-state index is 13.7. The molecule has 1 N–H and O–H groups in total. The normalized spacial score (nSPS) is 21.4. The van der Waals surface area contributed by atoms with Crippen molar-refractivity contribution < 1.29 is 36.2 Å². The minimum Gasteiger partial charge on any atom is -0.497 e. The van der Waals surface area contributed by atoms with Crippen LogP contribution in [0.3, 0.4) is 0 Å². The number of ether oxygens (including phenoxy) is 2. The van der Waals surface area contributed by atoms with Gasteiger partial charge in [0.25, 0.3) is 0 Å². The molecule has 21 heavy (non-hydrogen) atoms. The van der Waals surface area contributed by atoms with Crippen molar-refractivity contribution >= 4 is 6.09 Å². The van der Waals surface area contributed by atoms with Crippen molar-refractivity contribution in [1.82, 2.24) is 5.32 Å². The van der Waals surface area contributed by atoms with Crippen LogP contribution < -0.4 is 10.1 Å². The molecule has 1 amide bonds. The van der Waals surface area contributed by atoms with Crippen LogP contribution in [-0.2, 0) is 10.9 Å². The summed E-state index contributed by atoms with van der Waals surface area (Å²) in [6.07, 6.45) is -6.07. The first-order valence-corrected chi connectivity index (χ1v) is 5.71. The van der Waals surface area contributed by atoms with Gasteiger partial charge in [-0.3, -0.25) is 0 Å². The van der Waals surface area contributed by atoms with Crippen LogP contribution in [-0.4, -0.2) is 25.7 Å². The molecular formula is C12H10F5NO3. The van der Waals surface area contributed by atoms with Gasteiger partial charge in [0.2, 0.25) is 0 Å². The summed E-state index contributed by atoms with van der Waals surface area (Å²) in [4.78, 5) is 11.0. The van der Waals surface area contributed by atoms with Crippen LogP contribution in [0.5, 0.6) is 5.75 Å². The molecule has 0 aromatic heterocycles. The number of amides is 1. The van der Waals surface area contributed by atoms with Gasteiger partial charge in [-0.25, -0.2) is 13.6 Å². The Morgan fingerprint density at radius 1 is 1.38 bits per heavy atom. The molecule has 1 atom stereocenters. The fourth-order valence-electron chi connectivity index (χ4n) is 1.98. The summed E-state index contributed by atoms with van der Waals surface area (Å²) < 4.78 is 75.3. The third-order valence-corrected chi connectivity index (χ3v) is 2.96. The highest BCUT2D eigenvalue weighted by Crippen LogP contribution is 2.42. The summed E-state index contributed by atoms with van der Waals surface area (Å²) in [6, 6.07) is 0.447. The van der Waals surface area contributed by atoms with E-state index in [1.165, 1.54) is 0 Å². The highest BCUT2D eigenvalue weighted by molar-refractivity contribution is 5.69. The molecule has 1 aliphatic heterocycles. The number of methoxy groups -OCH3 is 1. The third-order valence-electron chi connectivity index (χ3n) is 2.96. The van der Waals surface area contributed by atoms with Crippen molar-refractivity contribution in [3.63, 3.8) is 0 Å². The molecule has 2 rings (SSSR count). The number of cyclic esters (lactones) is 1. The van der Waals surface area contributed by atoms with Crippen LogP contribution in [0.25, 0.3) is 0 Å². The summed E-state index contributed by atoms with van der Waals surface area (Å²) in [5, 5.41) is 1.72. The van der Waals surface area contributed by atoms with Gasteiger partial charge in [-0.05, 0) is 17.7 Å². The Hall–Kier alpha value is -2.06. The summed E-state index contributed by atoms with van der Waals surface area (Å²) in [5.74, 6) is -3.80. The quantitative estimate of drug-likeness (QED) is 0.854. The second kappa shape index (κ2) is 5.05. The second-order valence-electron chi connectivity index (χ2n) is 4.37. The zero-order valence-corrected chi connectivity index (χ0v) is 10.6. The van der Waals surface area contributed by atoms with E-state index in [0.29, 0.717) is 6.07 Å². The minimum atomic E-state index is -4.87. The fourth-order valence-corrected chi connectivity index (χ4v) is 1.98. The van der Waals surface area contributed by atoms with Crippen molar-refractivity contribution in [2.75, 3.05) is 13.7 Å². The zero-order chi connectivity index (χ0) is 15.8. The number of carbonyl (C=O) groups excluding carboxylic acids is 1. The van der Waals surface area contributed by atoms with E-state index in [1.54, 1.807) is 5.32 Å². The number of halogens is 5. The van der Waals surface area contributed by atoms with E-state index < -0.39 is 42.0 Å². The Labute approximate surface area is 115 Å². The molecule has 0 unspecified atom stereocenters. The van der Waals surface area contributed by atoms with Crippen molar-refractivity contribution in [2.24, 2.45) is 0 Å². The molecule has 1 aliphatic rings. The van der Waals surface area contributed by atoms with E-state index in [0.717, 1.165) is 19.2 Å². The van der Waals surface area contributed by atoms with Gasteiger partial charge >= 0.3 is 18.2 Å². The second-order valence-corrected chi connectivity index (χ2v) is 4.37. The van der Waals surface area contributed by atoms with Crippen LogP contribution in [0.2, 0.25) is 0 Å². The number of hydrogen-bond donors (Lipinski definition) is 1. The molecule has 116 valence electrons. The van der Waals surface area contributed by atoms with Crippen LogP contribution in [0, 0.1) is 0 Å². The largest absolute Gasteiger partial charge is 0.497 e. The van der Waals surface area contributed by atoms with Gasteiger partial charge in [0.05, 0.1) is 12.7 Å². The average Bonchev–Trinajstić information content (AvgIpc) is 2.40. The van der Waals surface area contributed by atoms with Gasteiger partial charge in [-0.2, -0.15) is 13.2 Å². The lowest BCUT2D eigenvalue weighted by Crippen LogP contribution is -2.50. The van der Waals surface area contributed by atoms with Gasteiger partial charge in [0.15, 0.2) is 6.61 Å². The standard InChI is InChI=1S/C12H10F5NO3/c1-20-6-2-3-7(8(4-6)12(15,16)17)9-11(13,14)5-21-10(19)18-9/h2-4,9H,5H2,1H3,(H,18,19)/t9-/m1/s1. The highest BCUT2D eigenvalue weighted by atomic mass is 19.4. The number of rotatable bonds is 2. The SMILES string of the molecule is COc1ccc([C@H]2NC(=O)OCC2(F)F)c(C(F)(F)F)c1.